The molecule has 0 spiro atoms. The molecule has 1 aliphatic rings. The van der Waals surface area contributed by atoms with Gasteiger partial charge in [-0.3, -0.25) is 4.79 Å². The van der Waals surface area contributed by atoms with Gasteiger partial charge in [-0.05, 0) is 31.9 Å². The quantitative estimate of drug-likeness (QED) is 0.830. The second-order valence-corrected chi connectivity index (χ2v) is 6.40. The van der Waals surface area contributed by atoms with Crippen molar-refractivity contribution in [2.24, 2.45) is 0 Å². The first-order chi connectivity index (χ1) is 12.5. The molecule has 6 nitrogen and oxygen atoms in total. The molecule has 1 amide bonds. The smallest absolute Gasteiger partial charge is 0.387 e. The van der Waals surface area contributed by atoms with Gasteiger partial charge in [0.1, 0.15) is 11.8 Å². The Morgan fingerprint density at radius 2 is 2.00 bits per heavy atom. The van der Waals surface area contributed by atoms with Crippen molar-refractivity contribution in [3.8, 4) is 5.75 Å². The molecule has 0 saturated heterocycles. The van der Waals surface area contributed by atoms with Crippen LogP contribution >= 0.6 is 0 Å². The third-order valence-corrected chi connectivity index (χ3v) is 4.49. The lowest BCUT2D eigenvalue weighted by Crippen LogP contribution is -2.27. The van der Waals surface area contributed by atoms with Gasteiger partial charge in [-0.15, -0.1) is 0 Å². The number of carbonyl (C=O) groups is 1. The van der Waals surface area contributed by atoms with Crippen LogP contribution in [0.25, 0.3) is 0 Å². The van der Waals surface area contributed by atoms with E-state index in [1.165, 1.54) is 24.6 Å². The molecular formula is C18H21F2N3O3. The Labute approximate surface area is 149 Å². The van der Waals surface area contributed by atoms with E-state index < -0.39 is 18.6 Å². The molecule has 26 heavy (non-hydrogen) atoms. The molecule has 0 bridgehead atoms. The highest BCUT2D eigenvalue weighted by Gasteiger charge is 2.24. The Kier molecular flexibility index (Phi) is 5.80. The van der Waals surface area contributed by atoms with Gasteiger partial charge in [-0.25, -0.2) is 0 Å². The van der Waals surface area contributed by atoms with Crippen molar-refractivity contribution in [2.75, 3.05) is 0 Å². The maximum atomic E-state index is 12.5. The van der Waals surface area contributed by atoms with Gasteiger partial charge < -0.3 is 14.6 Å². The molecular weight excluding hydrogens is 344 g/mol. The first kappa shape index (κ1) is 18.3. The number of ether oxygens (including phenoxy) is 1. The number of benzene rings is 1. The zero-order valence-electron chi connectivity index (χ0n) is 14.5. The number of hydrogen-bond acceptors (Lipinski definition) is 5. The summed E-state index contributed by atoms with van der Waals surface area (Å²) in [5.41, 5.74) is 0.0201. The molecule has 1 unspecified atom stereocenters. The standard InChI is InChI=1S/C18H21F2N3O3/c1-11(17-22-15(23-26-17)12-7-3-2-4-8-12)21-16(24)13-9-5-6-10-14(13)25-18(19)20/h5-6,9-12,18H,2-4,7-8H2,1H3,(H,21,24). The van der Waals surface area contributed by atoms with Gasteiger partial charge in [0.15, 0.2) is 5.82 Å². The van der Waals surface area contributed by atoms with Crippen molar-refractivity contribution in [3.05, 3.63) is 41.5 Å². The molecule has 1 aromatic carbocycles. The summed E-state index contributed by atoms with van der Waals surface area (Å²) in [4.78, 5) is 16.8. The number of nitrogens with zero attached hydrogens (tertiary/aromatic N) is 2. The van der Waals surface area contributed by atoms with Gasteiger partial charge in [-0.1, -0.05) is 36.6 Å². The zero-order chi connectivity index (χ0) is 18.5. The van der Waals surface area contributed by atoms with Crippen molar-refractivity contribution in [1.29, 1.82) is 0 Å². The van der Waals surface area contributed by atoms with Crippen LogP contribution in [0.4, 0.5) is 8.78 Å². The van der Waals surface area contributed by atoms with E-state index in [4.69, 9.17) is 4.52 Å². The predicted molar refractivity (Wildman–Crippen MR) is 89.1 cm³/mol. The van der Waals surface area contributed by atoms with Gasteiger partial charge in [0.05, 0.1) is 5.56 Å². The van der Waals surface area contributed by atoms with Crippen LogP contribution in [0.1, 0.15) is 73.1 Å². The molecule has 1 aliphatic carbocycles. The lowest BCUT2D eigenvalue weighted by atomic mass is 9.89. The summed E-state index contributed by atoms with van der Waals surface area (Å²) in [6.45, 7) is -1.30. The number of halogens is 2. The average Bonchev–Trinajstić information content (AvgIpc) is 3.12. The Bertz CT molecular complexity index is 745. The molecule has 0 aliphatic heterocycles. The number of rotatable bonds is 6. The fourth-order valence-electron chi connectivity index (χ4n) is 3.14. The van der Waals surface area contributed by atoms with Crippen LogP contribution in [0.2, 0.25) is 0 Å². The highest BCUT2D eigenvalue weighted by atomic mass is 19.3. The Balaban J connectivity index is 1.67. The normalized spacial score (nSPS) is 16.5. The Morgan fingerprint density at radius 1 is 1.27 bits per heavy atom. The highest BCUT2D eigenvalue weighted by Crippen LogP contribution is 2.31. The number of alkyl halides is 2. The third-order valence-electron chi connectivity index (χ3n) is 4.49. The summed E-state index contributed by atoms with van der Waals surface area (Å²) in [7, 11) is 0. The van der Waals surface area contributed by atoms with E-state index in [0.29, 0.717) is 17.6 Å². The SMILES string of the molecule is CC(NC(=O)c1ccccc1OC(F)F)c1nc(C2CCCCC2)no1. The van der Waals surface area contributed by atoms with Crippen LogP contribution in [0, 0.1) is 0 Å². The first-order valence-electron chi connectivity index (χ1n) is 8.73. The third kappa shape index (κ3) is 4.36. The van der Waals surface area contributed by atoms with E-state index in [-0.39, 0.29) is 11.3 Å². The van der Waals surface area contributed by atoms with Crippen molar-refractivity contribution in [1.82, 2.24) is 15.5 Å². The van der Waals surface area contributed by atoms with Gasteiger partial charge in [0.2, 0.25) is 5.89 Å². The van der Waals surface area contributed by atoms with E-state index >= 15 is 0 Å². The summed E-state index contributed by atoms with van der Waals surface area (Å²) in [5, 5.41) is 6.72. The molecule has 1 saturated carbocycles. The van der Waals surface area contributed by atoms with Crippen LogP contribution in [-0.4, -0.2) is 22.7 Å². The number of nitrogens with one attached hydrogen (secondary N) is 1. The minimum Gasteiger partial charge on any atom is -0.434 e. The largest absolute Gasteiger partial charge is 0.434 e. The molecule has 1 fully saturated rings. The second-order valence-electron chi connectivity index (χ2n) is 6.40. The van der Waals surface area contributed by atoms with Crippen molar-refractivity contribution in [2.45, 2.75) is 57.6 Å². The predicted octanol–water partition coefficient (Wildman–Crippen LogP) is 4.21. The van der Waals surface area contributed by atoms with E-state index in [1.807, 2.05) is 0 Å². The lowest BCUT2D eigenvalue weighted by Gasteiger charge is -2.17. The minimum absolute atomic E-state index is 0.0201. The fourth-order valence-corrected chi connectivity index (χ4v) is 3.14. The molecule has 1 heterocycles. The van der Waals surface area contributed by atoms with E-state index in [1.54, 1.807) is 13.0 Å². The summed E-state index contributed by atoms with van der Waals surface area (Å²) in [6.07, 6.45) is 5.62. The van der Waals surface area contributed by atoms with Crippen molar-refractivity contribution < 1.29 is 22.8 Å². The molecule has 1 aromatic heterocycles. The first-order valence-corrected chi connectivity index (χ1v) is 8.73. The maximum absolute atomic E-state index is 12.5. The van der Waals surface area contributed by atoms with Gasteiger partial charge in [0.25, 0.3) is 5.91 Å². The molecule has 8 heteroatoms. The van der Waals surface area contributed by atoms with Gasteiger partial charge >= 0.3 is 6.61 Å². The van der Waals surface area contributed by atoms with Gasteiger partial charge in [0, 0.05) is 5.92 Å². The number of aromatic nitrogens is 2. The van der Waals surface area contributed by atoms with Crippen molar-refractivity contribution in [3.63, 3.8) is 0 Å². The Morgan fingerprint density at radius 3 is 2.73 bits per heavy atom. The lowest BCUT2D eigenvalue weighted by molar-refractivity contribution is -0.0501. The maximum Gasteiger partial charge on any atom is 0.387 e. The number of amides is 1. The Hall–Kier alpha value is -2.51. The second kappa shape index (κ2) is 8.25. The number of hydrogen-bond donors (Lipinski definition) is 1. The highest BCUT2D eigenvalue weighted by molar-refractivity contribution is 5.97. The topological polar surface area (TPSA) is 77.2 Å². The summed E-state index contributed by atoms with van der Waals surface area (Å²) in [5.74, 6) is 0.532. The van der Waals surface area contributed by atoms with Crippen LogP contribution in [0.3, 0.4) is 0 Å². The molecule has 3 rings (SSSR count). The number of para-hydroxylation sites is 1. The minimum atomic E-state index is -3.00. The average molecular weight is 365 g/mol. The van der Waals surface area contributed by atoms with Crippen LogP contribution < -0.4 is 10.1 Å². The molecule has 0 radical (unpaired) electrons. The monoisotopic (exact) mass is 365 g/mol. The summed E-state index contributed by atoms with van der Waals surface area (Å²) >= 11 is 0. The zero-order valence-corrected chi connectivity index (χ0v) is 14.5. The van der Waals surface area contributed by atoms with Crippen molar-refractivity contribution >= 4 is 5.91 Å². The van der Waals surface area contributed by atoms with Crippen LogP contribution in [-0.2, 0) is 0 Å². The fraction of sp³-hybridized carbons (Fsp3) is 0.500. The molecule has 1 N–H and O–H groups in total. The van der Waals surface area contributed by atoms with Gasteiger partial charge in [-0.2, -0.15) is 13.8 Å². The van der Waals surface area contributed by atoms with E-state index in [0.717, 1.165) is 25.7 Å². The van der Waals surface area contributed by atoms with Crippen LogP contribution in [0.5, 0.6) is 5.75 Å². The van der Waals surface area contributed by atoms with E-state index in [9.17, 15) is 13.6 Å². The summed E-state index contributed by atoms with van der Waals surface area (Å²) < 4.78 is 34.6. The number of carbonyl (C=O) groups excluding carboxylic acids is 1. The molecule has 2 aromatic rings. The summed E-state index contributed by atoms with van der Waals surface area (Å²) in [6, 6.07) is 5.28. The van der Waals surface area contributed by atoms with Crippen LogP contribution in [0.15, 0.2) is 28.8 Å². The van der Waals surface area contributed by atoms with E-state index in [2.05, 4.69) is 20.2 Å². The molecule has 140 valence electrons. The molecule has 1 atom stereocenters.